The third kappa shape index (κ3) is 9.63. The van der Waals surface area contributed by atoms with Gasteiger partial charge in [0.15, 0.2) is 0 Å². The molecule has 1 atom stereocenters. The summed E-state index contributed by atoms with van der Waals surface area (Å²) < 4.78 is 0. The van der Waals surface area contributed by atoms with Crippen molar-refractivity contribution in [2.24, 2.45) is 5.50 Å². The number of nitrogens with one attached hydrogen (secondary N) is 1. The average Bonchev–Trinajstić information content (AvgIpc) is 2.60. The van der Waals surface area contributed by atoms with Crippen molar-refractivity contribution in [2.75, 3.05) is 31.6 Å². The molecule has 9 heteroatoms. The molecule has 0 fully saturated rings. The summed E-state index contributed by atoms with van der Waals surface area (Å²) in [4.78, 5) is 21.6. The fraction of sp³-hybridized carbons (Fsp3) is 0.500. The number of likely N-dealkylation sites (N-methyl/N-ethyl adjacent to an activating group) is 1. The smallest absolute Gasteiger partial charge is 0.247 e. The molecule has 1 aromatic heterocycles. The average molecular weight is 417 g/mol. The molecular formula is C18H30ClN4O3P. The molecular weight excluding hydrogens is 387 g/mol. The van der Waals surface area contributed by atoms with Crippen molar-refractivity contribution in [1.82, 2.24) is 9.88 Å². The number of aliphatic hydroxyl groups excluding tert-OH is 1. The van der Waals surface area contributed by atoms with Crippen LogP contribution in [0, 0.1) is 0 Å². The number of halogens is 1. The lowest BCUT2D eigenvalue weighted by molar-refractivity contribution is 0.199. The zero-order chi connectivity index (χ0) is 20.2. The molecule has 0 saturated heterocycles. The minimum atomic E-state index is -2.12. The van der Waals surface area contributed by atoms with E-state index in [9.17, 15) is 0 Å². The van der Waals surface area contributed by atoms with Gasteiger partial charge in [-0.25, -0.2) is 0 Å². The summed E-state index contributed by atoms with van der Waals surface area (Å²) in [5.74, 6) is 0. The van der Waals surface area contributed by atoms with Crippen LogP contribution in [0.4, 0.5) is 5.69 Å². The van der Waals surface area contributed by atoms with Gasteiger partial charge in [-0.15, -0.1) is 0 Å². The molecule has 2 aromatic rings. The minimum Gasteiger partial charge on any atom is -0.395 e. The number of fused-ring (bicyclic) bond motifs is 1. The number of anilines is 1. The Labute approximate surface area is 167 Å². The normalized spacial score (nSPS) is 12.2. The van der Waals surface area contributed by atoms with Gasteiger partial charge in [-0.1, -0.05) is 18.5 Å². The first-order valence-electron chi connectivity index (χ1n) is 8.94. The zero-order valence-electron chi connectivity index (χ0n) is 15.8. The first kappa shape index (κ1) is 24.0. The first-order chi connectivity index (χ1) is 12.9. The maximum Gasteiger partial charge on any atom is 0.247 e. The van der Waals surface area contributed by atoms with Crippen molar-refractivity contribution in [3.8, 4) is 0 Å². The fourth-order valence-corrected chi connectivity index (χ4v) is 2.94. The van der Waals surface area contributed by atoms with Gasteiger partial charge in [0.1, 0.15) is 0 Å². The number of benzene rings is 1. The van der Waals surface area contributed by atoms with Gasteiger partial charge >= 0.3 is 0 Å². The van der Waals surface area contributed by atoms with Crippen molar-refractivity contribution < 1.29 is 14.9 Å². The van der Waals surface area contributed by atoms with E-state index in [-0.39, 0.29) is 6.61 Å². The van der Waals surface area contributed by atoms with Gasteiger partial charge in [-0.3, -0.25) is 10.5 Å². The molecule has 0 amide bonds. The Bertz CT molecular complexity index is 675. The van der Waals surface area contributed by atoms with E-state index in [1.54, 1.807) is 0 Å². The third-order valence-electron chi connectivity index (χ3n) is 4.08. The van der Waals surface area contributed by atoms with Crippen LogP contribution < -0.4 is 10.8 Å². The number of aliphatic hydroxyl groups is 1. The van der Waals surface area contributed by atoms with Crippen molar-refractivity contribution in [2.45, 2.75) is 32.7 Å². The van der Waals surface area contributed by atoms with E-state index in [2.05, 4.69) is 34.6 Å². The Morgan fingerprint density at radius 2 is 2.00 bits per heavy atom. The molecule has 1 heterocycles. The Morgan fingerprint density at radius 3 is 2.63 bits per heavy atom. The van der Waals surface area contributed by atoms with Crippen LogP contribution in [0.2, 0.25) is 5.02 Å². The Morgan fingerprint density at radius 1 is 1.30 bits per heavy atom. The van der Waals surface area contributed by atoms with Crippen molar-refractivity contribution in [3.63, 3.8) is 0 Å². The van der Waals surface area contributed by atoms with E-state index in [4.69, 9.17) is 26.5 Å². The van der Waals surface area contributed by atoms with Crippen LogP contribution in [0.15, 0.2) is 30.5 Å². The lowest BCUT2D eigenvalue weighted by Gasteiger charge is -2.21. The van der Waals surface area contributed by atoms with Crippen molar-refractivity contribution >= 4 is 36.7 Å². The molecule has 7 nitrogen and oxygen atoms in total. The van der Waals surface area contributed by atoms with Gasteiger partial charge in [-0.2, -0.15) is 0 Å². The molecule has 1 unspecified atom stereocenters. The number of nitrogens with zero attached hydrogens (tertiary/aromatic N) is 2. The molecule has 2 rings (SSSR count). The Balaban J connectivity index is 0.000000828. The maximum atomic E-state index is 9.02. The molecule has 6 N–H and O–H groups in total. The van der Waals surface area contributed by atoms with E-state index in [1.807, 2.05) is 30.5 Å². The lowest BCUT2D eigenvalue weighted by atomic mass is 10.1. The summed E-state index contributed by atoms with van der Waals surface area (Å²) >= 11 is 6.03. The molecule has 27 heavy (non-hydrogen) atoms. The number of nitrogens with two attached hydrogens (primary N) is 1. The van der Waals surface area contributed by atoms with Crippen LogP contribution in [0.3, 0.4) is 0 Å². The lowest BCUT2D eigenvalue weighted by Crippen LogP contribution is -2.28. The van der Waals surface area contributed by atoms with E-state index >= 15 is 0 Å². The SMILES string of the molecule is CCN(CCO)CCCC(C)Nc1ccnc2cc(Cl)ccc12.NP(O)O. The summed E-state index contributed by atoms with van der Waals surface area (Å²) in [5.41, 5.74) is 6.30. The van der Waals surface area contributed by atoms with Gasteiger partial charge in [0, 0.05) is 34.9 Å². The second-order valence-corrected chi connectivity index (χ2v) is 7.26. The van der Waals surface area contributed by atoms with Crippen LogP contribution in [0.5, 0.6) is 0 Å². The standard InChI is InChI=1S/C18H26ClN3O.H4NO2P/c1-3-22(11-12-23)10-4-5-14(2)21-17-8-9-20-18-13-15(19)6-7-16(17)18;1-4(2)3/h6-9,13-14,23H,3-5,10-12H2,1-2H3,(H,20,21);2-3H,1H2. The maximum absolute atomic E-state index is 9.02. The molecule has 0 radical (unpaired) electrons. The van der Waals surface area contributed by atoms with Gasteiger partial charge < -0.3 is 25.1 Å². The first-order valence-corrected chi connectivity index (χ1v) is 10.6. The quantitative estimate of drug-likeness (QED) is 0.399. The molecule has 0 aliphatic carbocycles. The number of hydrogen-bond acceptors (Lipinski definition) is 7. The second-order valence-electron chi connectivity index (χ2n) is 6.19. The van der Waals surface area contributed by atoms with Crippen molar-refractivity contribution in [3.05, 3.63) is 35.5 Å². The highest BCUT2D eigenvalue weighted by molar-refractivity contribution is 7.42. The monoisotopic (exact) mass is 416 g/mol. The summed E-state index contributed by atoms with van der Waals surface area (Å²) in [6.45, 7) is 7.32. The summed E-state index contributed by atoms with van der Waals surface area (Å²) in [6, 6.07) is 8.19. The van der Waals surface area contributed by atoms with Gasteiger partial charge in [0.25, 0.3) is 0 Å². The molecule has 0 aliphatic heterocycles. The van der Waals surface area contributed by atoms with Crippen LogP contribution in [0.25, 0.3) is 10.9 Å². The summed E-state index contributed by atoms with van der Waals surface area (Å²) in [5, 5.41) is 14.4. The molecule has 1 aromatic carbocycles. The van der Waals surface area contributed by atoms with E-state index in [1.165, 1.54) is 0 Å². The Hall–Kier alpha value is -1.05. The van der Waals surface area contributed by atoms with E-state index < -0.39 is 8.53 Å². The number of pyridine rings is 1. The van der Waals surface area contributed by atoms with Gasteiger partial charge in [-0.05, 0) is 57.1 Å². The fourth-order valence-electron chi connectivity index (χ4n) is 2.78. The van der Waals surface area contributed by atoms with Crippen LogP contribution >= 0.6 is 20.1 Å². The van der Waals surface area contributed by atoms with E-state index in [0.29, 0.717) is 11.1 Å². The number of rotatable bonds is 9. The summed E-state index contributed by atoms with van der Waals surface area (Å²) in [7, 11) is -2.12. The van der Waals surface area contributed by atoms with E-state index in [0.717, 1.165) is 49.1 Å². The largest absolute Gasteiger partial charge is 0.395 e. The van der Waals surface area contributed by atoms with Crippen molar-refractivity contribution in [1.29, 1.82) is 0 Å². The minimum absolute atomic E-state index is 0.229. The highest BCUT2D eigenvalue weighted by atomic mass is 35.5. The molecule has 0 bridgehead atoms. The van der Waals surface area contributed by atoms with Crippen LogP contribution in [-0.4, -0.2) is 57.1 Å². The topological polar surface area (TPSA) is 115 Å². The van der Waals surface area contributed by atoms with Crippen LogP contribution in [0.1, 0.15) is 26.7 Å². The predicted molar refractivity (Wildman–Crippen MR) is 114 cm³/mol. The molecule has 0 aliphatic rings. The number of hydrogen-bond donors (Lipinski definition) is 5. The molecule has 0 saturated carbocycles. The third-order valence-corrected chi connectivity index (χ3v) is 4.32. The predicted octanol–water partition coefficient (Wildman–Crippen LogP) is 2.94. The zero-order valence-corrected chi connectivity index (χ0v) is 17.5. The second kappa shape index (κ2) is 13.2. The number of aromatic nitrogens is 1. The summed E-state index contributed by atoms with van der Waals surface area (Å²) in [6.07, 6.45) is 4.00. The molecule has 152 valence electrons. The highest BCUT2D eigenvalue weighted by Crippen LogP contribution is 2.25. The Kier molecular flexibility index (Phi) is 11.7. The van der Waals surface area contributed by atoms with Crippen LogP contribution in [-0.2, 0) is 0 Å². The van der Waals surface area contributed by atoms with Gasteiger partial charge in [0.2, 0.25) is 8.53 Å². The molecule has 0 spiro atoms. The van der Waals surface area contributed by atoms with Gasteiger partial charge in [0.05, 0.1) is 12.1 Å². The highest BCUT2D eigenvalue weighted by Gasteiger charge is 2.08.